The van der Waals surface area contributed by atoms with Crippen molar-refractivity contribution in [3.63, 3.8) is 0 Å². The van der Waals surface area contributed by atoms with Gasteiger partial charge in [-0.25, -0.2) is 0 Å². The smallest absolute Gasteiger partial charge is 0.219 e. The standard InChI is InChI=1S/C20H21NO2S/c1-16(22)21(15-18-9-6-14-24-18)12-11-19(20-10-5-13-23-20)17-7-3-2-4-8-17/h2-10,13-14,19H,11-12,15H2,1H3/t19-/m0/s1. The Morgan fingerprint density at radius 3 is 2.58 bits per heavy atom. The SMILES string of the molecule is CC(=O)N(CC[C@@H](c1ccccc1)c1ccco1)Cc1cccs1. The lowest BCUT2D eigenvalue weighted by molar-refractivity contribution is -0.129. The third kappa shape index (κ3) is 4.15. The summed E-state index contributed by atoms with van der Waals surface area (Å²) in [5, 5.41) is 2.04. The average molecular weight is 339 g/mol. The molecule has 24 heavy (non-hydrogen) atoms. The van der Waals surface area contributed by atoms with Crippen LogP contribution in [-0.4, -0.2) is 17.4 Å². The number of hydrogen-bond acceptors (Lipinski definition) is 3. The lowest BCUT2D eigenvalue weighted by atomic mass is 9.93. The van der Waals surface area contributed by atoms with Crippen LogP contribution in [0.25, 0.3) is 0 Å². The molecule has 0 saturated carbocycles. The number of rotatable bonds is 7. The lowest BCUT2D eigenvalue weighted by Gasteiger charge is -2.23. The summed E-state index contributed by atoms with van der Waals surface area (Å²) < 4.78 is 5.65. The van der Waals surface area contributed by atoms with E-state index in [-0.39, 0.29) is 11.8 Å². The molecule has 3 nitrogen and oxygen atoms in total. The molecular formula is C20H21NO2S. The van der Waals surface area contributed by atoms with Crippen molar-refractivity contribution >= 4 is 17.2 Å². The molecule has 0 N–H and O–H groups in total. The van der Waals surface area contributed by atoms with Crippen molar-refractivity contribution in [1.82, 2.24) is 4.90 Å². The number of benzene rings is 1. The van der Waals surface area contributed by atoms with Crippen molar-refractivity contribution in [2.75, 3.05) is 6.54 Å². The fourth-order valence-corrected chi connectivity index (χ4v) is 3.59. The Hall–Kier alpha value is -2.33. The van der Waals surface area contributed by atoms with E-state index >= 15 is 0 Å². The van der Waals surface area contributed by atoms with Crippen LogP contribution >= 0.6 is 11.3 Å². The summed E-state index contributed by atoms with van der Waals surface area (Å²) in [6.07, 6.45) is 2.54. The molecule has 3 aromatic rings. The molecule has 1 aromatic carbocycles. The average Bonchev–Trinajstić information content (AvgIpc) is 3.28. The molecule has 0 fully saturated rings. The molecule has 4 heteroatoms. The van der Waals surface area contributed by atoms with Crippen LogP contribution in [0.2, 0.25) is 0 Å². The molecule has 0 unspecified atom stereocenters. The van der Waals surface area contributed by atoms with Crippen LogP contribution in [0.4, 0.5) is 0 Å². The first-order valence-corrected chi connectivity index (χ1v) is 8.98. The summed E-state index contributed by atoms with van der Waals surface area (Å²) in [6.45, 7) is 3.01. The molecule has 1 atom stereocenters. The van der Waals surface area contributed by atoms with Gasteiger partial charge in [-0.3, -0.25) is 4.79 Å². The highest BCUT2D eigenvalue weighted by Gasteiger charge is 2.19. The highest BCUT2D eigenvalue weighted by Crippen LogP contribution is 2.29. The first kappa shape index (κ1) is 16.5. The maximum atomic E-state index is 12.0. The van der Waals surface area contributed by atoms with Crippen molar-refractivity contribution in [2.24, 2.45) is 0 Å². The van der Waals surface area contributed by atoms with E-state index in [4.69, 9.17) is 4.42 Å². The number of carbonyl (C=O) groups is 1. The zero-order valence-electron chi connectivity index (χ0n) is 13.7. The summed E-state index contributed by atoms with van der Waals surface area (Å²) in [6, 6.07) is 18.3. The largest absolute Gasteiger partial charge is 0.469 e. The second-order valence-electron chi connectivity index (χ2n) is 5.79. The van der Waals surface area contributed by atoms with Gasteiger partial charge in [0, 0.05) is 24.3 Å². The van der Waals surface area contributed by atoms with Crippen molar-refractivity contribution in [1.29, 1.82) is 0 Å². The number of carbonyl (C=O) groups excluding carboxylic acids is 1. The van der Waals surface area contributed by atoms with Gasteiger partial charge in [0.25, 0.3) is 0 Å². The normalized spacial score (nSPS) is 12.0. The van der Waals surface area contributed by atoms with Gasteiger partial charge >= 0.3 is 0 Å². The summed E-state index contributed by atoms with van der Waals surface area (Å²) >= 11 is 1.68. The minimum atomic E-state index is 0.106. The molecule has 0 aliphatic heterocycles. The van der Waals surface area contributed by atoms with E-state index in [1.165, 1.54) is 10.4 Å². The van der Waals surface area contributed by atoms with Crippen LogP contribution in [0.15, 0.2) is 70.7 Å². The third-order valence-corrected chi connectivity index (χ3v) is 5.01. The van der Waals surface area contributed by atoms with E-state index in [2.05, 4.69) is 18.2 Å². The summed E-state index contributed by atoms with van der Waals surface area (Å²) in [7, 11) is 0. The van der Waals surface area contributed by atoms with Gasteiger partial charge in [0.2, 0.25) is 5.91 Å². The van der Waals surface area contributed by atoms with E-state index < -0.39 is 0 Å². The molecule has 2 aromatic heterocycles. The molecule has 0 radical (unpaired) electrons. The molecule has 124 valence electrons. The van der Waals surface area contributed by atoms with Crippen LogP contribution in [0.5, 0.6) is 0 Å². The topological polar surface area (TPSA) is 33.5 Å². The van der Waals surface area contributed by atoms with Gasteiger partial charge in [0.15, 0.2) is 0 Å². The minimum Gasteiger partial charge on any atom is -0.469 e. The Balaban J connectivity index is 1.73. The minimum absolute atomic E-state index is 0.106. The molecule has 0 bridgehead atoms. The van der Waals surface area contributed by atoms with Crippen LogP contribution in [0.3, 0.4) is 0 Å². The molecule has 1 amide bonds. The Morgan fingerprint density at radius 2 is 1.96 bits per heavy atom. The quantitative estimate of drug-likeness (QED) is 0.613. The Morgan fingerprint density at radius 1 is 1.12 bits per heavy atom. The van der Waals surface area contributed by atoms with Crippen LogP contribution in [0.1, 0.15) is 35.5 Å². The number of thiophene rings is 1. The zero-order chi connectivity index (χ0) is 16.8. The molecule has 2 heterocycles. The van der Waals surface area contributed by atoms with Gasteiger partial charge < -0.3 is 9.32 Å². The molecular weight excluding hydrogens is 318 g/mol. The van der Waals surface area contributed by atoms with E-state index in [9.17, 15) is 4.79 Å². The van der Waals surface area contributed by atoms with Gasteiger partial charge in [0.1, 0.15) is 5.76 Å². The van der Waals surface area contributed by atoms with Gasteiger partial charge in [-0.1, -0.05) is 36.4 Å². The highest BCUT2D eigenvalue weighted by atomic mass is 32.1. The lowest BCUT2D eigenvalue weighted by Crippen LogP contribution is -2.30. The van der Waals surface area contributed by atoms with Crippen LogP contribution < -0.4 is 0 Å². The summed E-state index contributed by atoms with van der Waals surface area (Å²) in [5.41, 5.74) is 1.21. The maximum Gasteiger partial charge on any atom is 0.219 e. The van der Waals surface area contributed by atoms with Crippen molar-refractivity contribution in [3.8, 4) is 0 Å². The predicted octanol–water partition coefficient (Wildman–Crippen LogP) is 4.91. The highest BCUT2D eigenvalue weighted by molar-refractivity contribution is 7.09. The van der Waals surface area contributed by atoms with Crippen molar-refractivity contribution < 1.29 is 9.21 Å². The summed E-state index contributed by atoms with van der Waals surface area (Å²) in [4.78, 5) is 15.1. The number of amides is 1. The molecule has 0 aliphatic rings. The van der Waals surface area contributed by atoms with E-state index in [1.54, 1.807) is 24.5 Å². The van der Waals surface area contributed by atoms with Gasteiger partial charge in [-0.15, -0.1) is 11.3 Å². The number of furan rings is 1. The van der Waals surface area contributed by atoms with E-state index in [0.717, 1.165) is 12.2 Å². The first-order valence-electron chi connectivity index (χ1n) is 8.10. The summed E-state index contributed by atoms with van der Waals surface area (Å²) in [5.74, 6) is 1.21. The second-order valence-corrected chi connectivity index (χ2v) is 6.82. The fourth-order valence-electron chi connectivity index (χ4n) is 2.87. The first-order chi connectivity index (χ1) is 11.7. The van der Waals surface area contributed by atoms with Crippen LogP contribution in [0, 0.1) is 0 Å². The zero-order valence-corrected chi connectivity index (χ0v) is 14.5. The van der Waals surface area contributed by atoms with E-state index in [1.807, 2.05) is 46.7 Å². The molecule has 0 saturated heterocycles. The van der Waals surface area contributed by atoms with E-state index in [0.29, 0.717) is 13.1 Å². The molecule has 3 rings (SSSR count). The van der Waals surface area contributed by atoms with Crippen LogP contribution in [-0.2, 0) is 11.3 Å². The van der Waals surface area contributed by atoms with Gasteiger partial charge in [-0.05, 0) is 35.6 Å². The van der Waals surface area contributed by atoms with Crippen molar-refractivity contribution in [2.45, 2.75) is 25.8 Å². The Bertz CT molecular complexity index is 735. The monoisotopic (exact) mass is 339 g/mol. The number of hydrogen-bond donors (Lipinski definition) is 0. The molecule has 0 spiro atoms. The Labute approximate surface area is 146 Å². The van der Waals surface area contributed by atoms with Gasteiger partial charge in [0.05, 0.1) is 12.8 Å². The second kappa shape index (κ2) is 7.97. The predicted molar refractivity (Wildman–Crippen MR) is 97.0 cm³/mol. The van der Waals surface area contributed by atoms with Gasteiger partial charge in [-0.2, -0.15) is 0 Å². The Kier molecular flexibility index (Phi) is 5.49. The van der Waals surface area contributed by atoms with Crippen molar-refractivity contribution in [3.05, 3.63) is 82.4 Å². The third-order valence-electron chi connectivity index (χ3n) is 4.15. The fraction of sp³-hybridized carbons (Fsp3) is 0.250. The maximum absolute atomic E-state index is 12.0. The number of nitrogens with zero attached hydrogens (tertiary/aromatic N) is 1. The molecule has 0 aliphatic carbocycles.